The topological polar surface area (TPSA) is 56.1 Å². The van der Waals surface area contributed by atoms with E-state index in [1.54, 1.807) is 0 Å². The molecule has 1 aliphatic rings. The molecule has 6 heteroatoms. The summed E-state index contributed by atoms with van der Waals surface area (Å²) in [6, 6.07) is 10.0. The number of aromatic nitrogens is 4. The minimum atomic E-state index is 0.318. The van der Waals surface area contributed by atoms with Gasteiger partial charge in [0.25, 0.3) is 0 Å². The molecule has 0 aliphatic carbocycles. The summed E-state index contributed by atoms with van der Waals surface area (Å²) in [4.78, 5) is 2.47. The molecule has 0 spiro atoms. The third-order valence-electron chi connectivity index (χ3n) is 3.90. The van der Waals surface area contributed by atoms with Crippen molar-refractivity contribution in [1.29, 1.82) is 0 Å². The molecule has 3 rings (SSSR count). The predicted octanol–water partition coefficient (Wildman–Crippen LogP) is 1.70. The van der Waals surface area contributed by atoms with E-state index in [1.165, 1.54) is 0 Å². The average Bonchev–Trinajstić information content (AvgIpc) is 2.96. The summed E-state index contributed by atoms with van der Waals surface area (Å²) in [6.07, 6.45) is 2.56. The summed E-state index contributed by atoms with van der Waals surface area (Å²) in [5.41, 5.74) is 1.01. The highest BCUT2D eigenvalue weighted by Crippen LogP contribution is 2.12. The van der Waals surface area contributed by atoms with Gasteiger partial charge in [0.2, 0.25) is 0 Å². The Morgan fingerprint density at radius 2 is 1.86 bits per heavy atom. The highest BCUT2D eigenvalue weighted by molar-refractivity contribution is 5.30. The fourth-order valence-electron chi connectivity index (χ4n) is 3.06. The molecule has 1 saturated heterocycles. The van der Waals surface area contributed by atoms with Crippen LogP contribution in [0, 0.1) is 0 Å². The monoisotopic (exact) mass is 301 g/mol. The molecule has 118 valence electrons. The van der Waals surface area contributed by atoms with E-state index in [9.17, 15) is 0 Å². The standard InChI is InChI=1S/C16H23N5O/c1-13-11-20(12-14(2)22-13)10-6-9-16-17-18-19-21(16)15-7-4-3-5-8-15/h3-5,7-8,13-14H,6,9-12H2,1-2H3/t13-,14-/m1/s1. The molecule has 1 aromatic carbocycles. The number of tetrazole rings is 1. The number of nitrogens with zero attached hydrogens (tertiary/aromatic N) is 5. The van der Waals surface area contributed by atoms with E-state index in [4.69, 9.17) is 4.74 Å². The van der Waals surface area contributed by atoms with Gasteiger partial charge >= 0.3 is 0 Å². The van der Waals surface area contributed by atoms with Crippen LogP contribution in [0.25, 0.3) is 5.69 Å². The second-order valence-corrected chi connectivity index (χ2v) is 5.96. The molecule has 0 saturated carbocycles. The number of benzene rings is 1. The Kier molecular flexibility index (Phi) is 4.80. The van der Waals surface area contributed by atoms with Gasteiger partial charge in [0, 0.05) is 19.5 Å². The fraction of sp³-hybridized carbons (Fsp3) is 0.562. The quantitative estimate of drug-likeness (QED) is 0.841. The molecule has 22 heavy (non-hydrogen) atoms. The smallest absolute Gasteiger partial charge is 0.156 e. The maximum Gasteiger partial charge on any atom is 0.156 e. The Bertz CT molecular complexity index is 575. The Labute approximate surface area is 131 Å². The second-order valence-electron chi connectivity index (χ2n) is 5.96. The molecule has 0 bridgehead atoms. The zero-order valence-corrected chi connectivity index (χ0v) is 13.2. The van der Waals surface area contributed by atoms with Crippen molar-refractivity contribution >= 4 is 0 Å². The maximum atomic E-state index is 5.77. The molecule has 2 heterocycles. The first kappa shape index (κ1) is 15.1. The van der Waals surface area contributed by atoms with Crippen LogP contribution in [0.2, 0.25) is 0 Å². The number of para-hydroxylation sites is 1. The second kappa shape index (κ2) is 6.98. The van der Waals surface area contributed by atoms with Crippen molar-refractivity contribution in [2.45, 2.75) is 38.9 Å². The lowest BCUT2D eigenvalue weighted by atomic mass is 10.2. The first-order valence-corrected chi connectivity index (χ1v) is 7.93. The number of rotatable bonds is 5. The van der Waals surface area contributed by atoms with E-state index >= 15 is 0 Å². The van der Waals surface area contributed by atoms with Crippen LogP contribution < -0.4 is 0 Å². The van der Waals surface area contributed by atoms with Crippen molar-refractivity contribution in [3.05, 3.63) is 36.2 Å². The molecule has 1 aliphatic heterocycles. The normalized spacial score (nSPS) is 22.8. The average molecular weight is 301 g/mol. The molecule has 0 N–H and O–H groups in total. The van der Waals surface area contributed by atoms with Crippen molar-refractivity contribution in [1.82, 2.24) is 25.1 Å². The van der Waals surface area contributed by atoms with Crippen molar-refractivity contribution in [3.8, 4) is 5.69 Å². The Hall–Kier alpha value is -1.79. The summed E-state index contributed by atoms with van der Waals surface area (Å²) < 4.78 is 7.59. The van der Waals surface area contributed by atoms with E-state index in [0.717, 1.165) is 44.0 Å². The van der Waals surface area contributed by atoms with Crippen molar-refractivity contribution in [2.75, 3.05) is 19.6 Å². The number of morpholine rings is 1. The van der Waals surface area contributed by atoms with Gasteiger partial charge in [-0.05, 0) is 49.4 Å². The summed E-state index contributed by atoms with van der Waals surface area (Å²) >= 11 is 0. The van der Waals surface area contributed by atoms with Crippen molar-refractivity contribution in [2.24, 2.45) is 0 Å². The lowest BCUT2D eigenvalue weighted by Crippen LogP contribution is -2.45. The molecule has 6 nitrogen and oxygen atoms in total. The zero-order chi connectivity index (χ0) is 15.4. The number of hydrogen-bond donors (Lipinski definition) is 0. The van der Waals surface area contributed by atoms with Crippen LogP contribution in [-0.2, 0) is 11.2 Å². The van der Waals surface area contributed by atoms with E-state index in [2.05, 4.69) is 34.3 Å². The SMILES string of the molecule is C[C@@H]1CN(CCCc2nnnn2-c2ccccc2)C[C@@H](C)O1. The maximum absolute atomic E-state index is 5.77. The minimum Gasteiger partial charge on any atom is -0.373 e. The molecule has 1 aromatic heterocycles. The molecular weight excluding hydrogens is 278 g/mol. The van der Waals surface area contributed by atoms with Crippen LogP contribution in [-0.4, -0.2) is 56.9 Å². The first-order chi connectivity index (χ1) is 10.7. The van der Waals surface area contributed by atoms with Gasteiger partial charge < -0.3 is 4.74 Å². The van der Waals surface area contributed by atoms with Gasteiger partial charge in [0.05, 0.1) is 17.9 Å². The van der Waals surface area contributed by atoms with Gasteiger partial charge in [-0.25, -0.2) is 0 Å². The highest BCUT2D eigenvalue weighted by Gasteiger charge is 2.21. The summed E-state index contributed by atoms with van der Waals surface area (Å²) in [5.74, 6) is 0.917. The molecule has 2 atom stereocenters. The van der Waals surface area contributed by atoms with Gasteiger partial charge in [-0.3, -0.25) is 4.90 Å². The summed E-state index contributed by atoms with van der Waals surface area (Å²) in [5, 5.41) is 12.1. The van der Waals surface area contributed by atoms with E-state index in [-0.39, 0.29) is 0 Å². The van der Waals surface area contributed by atoms with Crippen molar-refractivity contribution < 1.29 is 4.74 Å². The summed E-state index contributed by atoms with van der Waals surface area (Å²) in [7, 11) is 0. The Balaban J connectivity index is 1.56. The highest BCUT2D eigenvalue weighted by atomic mass is 16.5. The number of ether oxygens (including phenoxy) is 1. The molecule has 1 fully saturated rings. The van der Waals surface area contributed by atoms with Gasteiger partial charge in [-0.15, -0.1) is 5.10 Å². The van der Waals surface area contributed by atoms with Crippen LogP contribution in [0.4, 0.5) is 0 Å². The van der Waals surface area contributed by atoms with Gasteiger partial charge in [-0.1, -0.05) is 18.2 Å². The lowest BCUT2D eigenvalue weighted by Gasteiger charge is -2.35. The van der Waals surface area contributed by atoms with Crippen LogP contribution in [0.15, 0.2) is 30.3 Å². The molecule has 0 amide bonds. The molecule has 0 unspecified atom stereocenters. The Morgan fingerprint density at radius 1 is 1.14 bits per heavy atom. The lowest BCUT2D eigenvalue weighted by molar-refractivity contribution is -0.0680. The van der Waals surface area contributed by atoms with Gasteiger partial charge in [0.15, 0.2) is 5.82 Å². The van der Waals surface area contributed by atoms with Crippen LogP contribution in [0.1, 0.15) is 26.1 Å². The first-order valence-electron chi connectivity index (χ1n) is 7.93. The minimum absolute atomic E-state index is 0.318. The van der Waals surface area contributed by atoms with Gasteiger partial charge in [-0.2, -0.15) is 4.68 Å². The molecular formula is C16H23N5O. The number of aryl methyl sites for hydroxylation is 1. The van der Waals surface area contributed by atoms with Crippen LogP contribution in [0.3, 0.4) is 0 Å². The largest absolute Gasteiger partial charge is 0.373 e. The van der Waals surface area contributed by atoms with E-state index in [0.29, 0.717) is 12.2 Å². The third-order valence-corrected chi connectivity index (χ3v) is 3.90. The van der Waals surface area contributed by atoms with E-state index in [1.807, 2.05) is 35.0 Å². The number of hydrogen-bond acceptors (Lipinski definition) is 5. The van der Waals surface area contributed by atoms with Crippen LogP contribution >= 0.6 is 0 Å². The van der Waals surface area contributed by atoms with Crippen LogP contribution in [0.5, 0.6) is 0 Å². The predicted molar refractivity (Wildman–Crippen MR) is 83.9 cm³/mol. The third kappa shape index (κ3) is 3.69. The molecule has 2 aromatic rings. The zero-order valence-electron chi connectivity index (χ0n) is 13.2. The summed E-state index contributed by atoms with van der Waals surface area (Å²) in [6.45, 7) is 7.35. The van der Waals surface area contributed by atoms with E-state index < -0.39 is 0 Å². The fourth-order valence-corrected chi connectivity index (χ4v) is 3.06. The van der Waals surface area contributed by atoms with Gasteiger partial charge in [0.1, 0.15) is 0 Å². The Morgan fingerprint density at radius 3 is 2.59 bits per heavy atom. The van der Waals surface area contributed by atoms with Crippen molar-refractivity contribution in [3.63, 3.8) is 0 Å². The molecule has 0 radical (unpaired) electrons.